The van der Waals surface area contributed by atoms with Gasteiger partial charge in [-0.3, -0.25) is 4.79 Å². The van der Waals surface area contributed by atoms with Gasteiger partial charge in [0.1, 0.15) is 17.3 Å². The van der Waals surface area contributed by atoms with E-state index in [1.54, 1.807) is 0 Å². The highest BCUT2D eigenvalue weighted by Gasteiger charge is 2.28. The summed E-state index contributed by atoms with van der Waals surface area (Å²) in [5, 5.41) is 3.10. The highest BCUT2D eigenvalue weighted by Crippen LogP contribution is 2.39. The zero-order chi connectivity index (χ0) is 19.8. The first-order valence-corrected chi connectivity index (χ1v) is 10.7. The minimum absolute atomic E-state index is 0.124. The minimum atomic E-state index is 0.124. The van der Waals surface area contributed by atoms with Crippen molar-refractivity contribution >= 4 is 23.1 Å². The molecule has 2 aliphatic heterocycles. The number of piperidine rings is 1. The molecule has 0 atom stereocenters. The number of carbonyl (C=O) groups excluding carboxylic acids is 1. The lowest BCUT2D eigenvalue weighted by Crippen LogP contribution is -2.38. The largest absolute Gasteiger partial charge is 0.454 e. The van der Waals surface area contributed by atoms with Crippen molar-refractivity contribution in [2.45, 2.75) is 39.0 Å². The summed E-state index contributed by atoms with van der Waals surface area (Å²) in [4.78, 5) is 19.8. The second kappa shape index (κ2) is 7.54. The van der Waals surface area contributed by atoms with E-state index in [2.05, 4.69) is 17.1 Å². The van der Waals surface area contributed by atoms with Gasteiger partial charge in [0.25, 0.3) is 0 Å². The van der Waals surface area contributed by atoms with E-state index >= 15 is 0 Å². The van der Waals surface area contributed by atoms with Crippen molar-refractivity contribution in [2.75, 3.05) is 18.4 Å². The number of amides is 1. The number of ether oxygens (including phenoxy) is 1. The third-order valence-electron chi connectivity index (χ3n) is 6.36. The fraction of sp³-hybridized carbons (Fsp3) is 0.417. The molecule has 2 aromatic rings. The number of hydrogen-bond donors (Lipinski definition) is 1. The third kappa shape index (κ3) is 3.61. The Hall–Kier alpha value is -2.82. The molecule has 2 heterocycles. The van der Waals surface area contributed by atoms with Crippen molar-refractivity contribution in [3.05, 3.63) is 48.0 Å². The van der Waals surface area contributed by atoms with E-state index in [1.165, 1.54) is 0 Å². The predicted octanol–water partition coefficient (Wildman–Crippen LogP) is 5.34. The summed E-state index contributed by atoms with van der Waals surface area (Å²) < 4.78 is 6.23. The van der Waals surface area contributed by atoms with Crippen LogP contribution in [0.25, 0.3) is 0 Å². The van der Waals surface area contributed by atoms with Crippen molar-refractivity contribution in [3.8, 4) is 11.5 Å². The lowest BCUT2D eigenvalue weighted by molar-refractivity contribution is -0.122. The first kappa shape index (κ1) is 18.2. The lowest BCUT2D eigenvalue weighted by atomic mass is 9.85. The number of amidine groups is 1. The van der Waals surface area contributed by atoms with E-state index in [-0.39, 0.29) is 11.8 Å². The van der Waals surface area contributed by atoms with Crippen molar-refractivity contribution in [2.24, 2.45) is 16.8 Å². The molecule has 2 fully saturated rings. The van der Waals surface area contributed by atoms with Crippen LogP contribution >= 0.6 is 0 Å². The molecule has 1 aliphatic carbocycles. The molecule has 0 unspecified atom stereocenters. The van der Waals surface area contributed by atoms with Gasteiger partial charge in [-0.2, -0.15) is 0 Å². The standard InChI is InChI=1S/C24H27N3O2/c1-16-11-13-27(14-12-16)23-19-15-18(25-24(28)17-5-4-6-17)9-10-21(19)29-22-8-3-2-7-20(22)26-23/h2-3,7-10,15-17H,4-6,11-14H2,1H3,(H,25,28). The van der Waals surface area contributed by atoms with Crippen molar-refractivity contribution in [1.82, 2.24) is 4.90 Å². The lowest BCUT2D eigenvalue weighted by Gasteiger charge is -2.33. The maximum absolute atomic E-state index is 12.4. The molecule has 1 saturated heterocycles. The number of nitrogens with one attached hydrogen (secondary N) is 1. The smallest absolute Gasteiger partial charge is 0.227 e. The Labute approximate surface area is 171 Å². The SMILES string of the molecule is CC1CCN(C2=Nc3ccccc3Oc3ccc(NC(=O)C4CCC4)cc32)CC1. The number of aliphatic imine (C=N–C) groups is 1. The molecule has 5 nitrogen and oxygen atoms in total. The molecule has 29 heavy (non-hydrogen) atoms. The third-order valence-corrected chi connectivity index (χ3v) is 6.36. The summed E-state index contributed by atoms with van der Waals surface area (Å²) in [6.07, 6.45) is 5.46. The van der Waals surface area contributed by atoms with Crippen LogP contribution in [-0.2, 0) is 4.79 Å². The molecule has 3 aliphatic rings. The second-order valence-corrected chi connectivity index (χ2v) is 8.50. The molecule has 0 aromatic heterocycles. The number of para-hydroxylation sites is 2. The van der Waals surface area contributed by atoms with Crippen LogP contribution in [-0.4, -0.2) is 29.7 Å². The van der Waals surface area contributed by atoms with Crippen LogP contribution in [0, 0.1) is 11.8 Å². The Bertz CT molecular complexity index is 956. The molecule has 5 heteroatoms. The van der Waals surface area contributed by atoms with E-state index in [9.17, 15) is 4.79 Å². The highest BCUT2D eigenvalue weighted by atomic mass is 16.5. The van der Waals surface area contributed by atoms with Crippen LogP contribution in [0.1, 0.15) is 44.6 Å². The molecule has 0 spiro atoms. The van der Waals surface area contributed by atoms with E-state index in [1.807, 2.05) is 42.5 Å². The molecule has 1 saturated carbocycles. The van der Waals surface area contributed by atoms with Crippen LogP contribution in [0.4, 0.5) is 11.4 Å². The maximum Gasteiger partial charge on any atom is 0.227 e. The average molecular weight is 389 g/mol. The van der Waals surface area contributed by atoms with Crippen LogP contribution in [0.3, 0.4) is 0 Å². The topological polar surface area (TPSA) is 53.9 Å². The molecule has 0 bridgehead atoms. The molecule has 150 valence electrons. The zero-order valence-corrected chi connectivity index (χ0v) is 16.9. The predicted molar refractivity (Wildman–Crippen MR) is 115 cm³/mol. The summed E-state index contributed by atoms with van der Waals surface area (Å²) in [6, 6.07) is 13.8. The van der Waals surface area contributed by atoms with Crippen molar-refractivity contribution < 1.29 is 9.53 Å². The molecular formula is C24H27N3O2. The number of fused-ring (bicyclic) bond motifs is 2. The number of nitrogens with zero attached hydrogens (tertiary/aromatic N) is 2. The van der Waals surface area contributed by atoms with Gasteiger partial charge in [-0.1, -0.05) is 25.5 Å². The van der Waals surface area contributed by atoms with Gasteiger partial charge >= 0.3 is 0 Å². The van der Waals surface area contributed by atoms with Gasteiger partial charge in [0, 0.05) is 24.7 Å². The van der Waals surface area contributed by atoms with Gasteiger partial charge in [-0.25, -0.2) is 4.99 Å². The Morgan fingerprint density at radius 3 is 2.62 bits per heavy atom. The van der Waals surface area contributed by atoms with Crippen LogP contribution in [0.15, 0.2) is 47.5 Å². The summed E-state index contributed by atoms with van der Waals surface area (Å²) in [5.41, 5.74) is 2.60. The number of hydrogen-bond acceptors (Lipinski definition) is 4. The Balaban J connectivity index is 1.52. The van der Waals surface area contributed by atoms with Gasteiger partial charge in [-0.15, -0.1) is 0 Å². The molecule has 1 amide bonds. The number of rotatable bonds is 2. The number of carbonyl (C=O) groups is 1. The Morgan fingerprint density at radius 1 is 1.07 bits per heavy atom. The van der Waals surface area contributed by atoms with Crippen molar-refractivity contribution in [1.29, 1.82) is 0 Å². The first-order valence-electron chi connectivity index (χ1n) is 10.7. The van der Waals surface area contributed by atoms with E-state index in [4.69, 9.17) is 9.73 Å². The number of anilines is 1. The quantitative estimate of drug-likeness (QED) is 0.754. The zero-order valence-electron chi connectivity index (χ0n) is 16.9. The molecule has 2 aromatic carbocycles. The number of likely N-dealkylation sites (tertiary alicyclic amines) is 1. The van der Waals surface area contributed by atoms with Gasteiger partial charge in [-0.05, 0) is 61.9 Å². The van der Waals surface area contributed by atoms with Gasteiger partial charge < -0.3 is 15.0 Å². The normalized spacial score (nSPS) is 19.2. The Kier molecular flexibility index (Phi) is 4.74. The van der Waals surface area contributed by atoms with Gasteiger partial charge in [0.2, 0.25) is 5.91 Å². The molecule has 1 N–H and O–H groups in total. The summed E-state index contributed by atoms with van der Waals surface area (Å²) in [6.45, 7) is 4.28. The van der Waals surface area contributed by atoms with Crippen LogP contribution < -0.4 is 10.1 Å². The fourth-order valence-corrected chi connectivity index (χ4v) is 4.18. The van der Waals surface area contributed by atoms with Gasteiger partial charge in [0.15, 0.2) is 5.75 Å². The fourth-order valence-electron chi connectivity index (χ4n) is 4.18. The molecular weight excluding hydrogens is 362 g/mol. The van der Waals surface area contributed by atoms with Crippen molar-refractivity contribution in [3.63, 3.8) is 0 Å². The Morgan fingerprint density at radius 2 is 1.86 bits per heavy atom. The van der Waals surface area contributed by atoms with Crippen LogP contribution in [0.5, 0.6) is 11.5 Å². The van der Waals surface area contributed by atoms with E-state index in [0.717, 1.165) is 85.4 Å². The monoisotopic (exact) mass is 389 g/mol. The van der Waals surface area contributed by atoms with Gasteiger partial charge in [0.05, 0.1) is 5.56 Å². The summed E-state index contributed by atoms with van der Waals surface area (Å²) in [5.74, 6) is 3.52. The number of benzene rings is 2. The second-order valence-electron chi connectivity index (χ2n) is 8.50. The first-order chi connectivity index (χ1) is 14.2. The summed E-state index contributed by atoms with van der Waals surface area (Å²) >= 11 is 0. The average Bonchev–Trinajstić information content (AvgIpc) is 2.84. The molecule has 5 rings (SSSR count). The maximum atomic E-state index is 12.4. The molecule has 0 radical (unpaired) electrons. The summed E-state index contributed by atoms with van der Waals surface area (Å²) in [7, 11) is 0. The van der Waals surface area contributed by atoms with E-state index < -0.39 is 0 Å². The van der Waals surface area contributed by atoms with E-state index in [0.29, 0.717) is 0 Å². The van der Waals surface area contributed by atoms with Crippen LogP contribution in [0.2, 0.25) is 0 Å². The highest BCUT2D eigenvalue weighted by molar-refractivity contribution is 6.05. The minimum Gasteiger partial charge on any atom is -0.454 e.